The summed E-state index contributed by atoms with van der Waals surface area (Å²) in [6.07, 6.45) is 5.71. The summed E-state index contributed by atoms with van der Waals surface area (Å²) < 4.78 is 4.54. The summed E-state index contributed by atoms with van der Waals surface area (Å²) in [5.41, 5.74) is 4.20. The Morgan fingerprint density at radius 1 is 0.975 bits per heavy atom. The van der Waals surface area contributed by atoms with Crippen molar-refractivity contribution in [3.63, 3.8) is 0 Å². The lowest BCUT2D eigenvalue weighted by atomic mass is 9.90. The molecular formula is C31H75BN4O4. The second-order valence-electron chi connectivity index (χ2n) is 10.8. The molecule has 0 spiro atoms. The van der Waals surface area contributed by atoms with Crippen molar-refractivity contribution in [2.24, 2.45) is 17.6 Å². The van der Waals surface area contributed by atoms with Crippen LogP contribution in [0.1, 0.15) is 116 Å². The van der Waals surface area contributed by atoms with E-state index in [0.717, 1.165) is 25.1 Å². The van der Waals surface area contributed by atoms with Crippen molar-refractivity contribution in [3.05, 3.63) is 11.8 Å². The molecule has 9 heteroatoms. The fourth-order valence-electron chi connectivity index (χ4n) is 0.842. The predicted molar refractivity (Wildman–Crippen MR) is 182 cm³/mol. The zero-order valence-corrected chi connectivity index (χ0v) is 30.0. The summed E-state index contributed by atoms with van der Waals surface area (Å²) in [5.74, 6) is 1.21. The molecule has 0 aliphatic rings. The van der Waals surface area contributed by atoms with Crippen LogP contribution in [0.25, 0.3) is 0 Å². The minimum absolute atomic E-state index is 0.264. The van der Waals surface area contributed by atoms with Crippen LogP contribution >= 0.6 is 0 Å². The lowest BCUT2D eigenvalue weighted by Gasteiger charge is -2.31. The van der Waals surface area contributed by atoms with Gasteiger partial charge >= 0.3 is 0 Å². The Bertz CT molecular complexity index is 471. The molecule has 0 heterocycles. The van der Waals surface area contributed by atoms with Gasteiger partial charge in [-0.1, -0.05) is 74.2 Å². The first-order valence-corrected chi connectivity index (χ1v) is 14.7. The van der Waals surface area contributed by atoms with Crippen molar-refractivity contribution in [2.45, 2.75) is 140 Å². The molecule has 1 unspecified atom stereocenters. The molecule has 0 aromatic heterocycles. The number of rotatable bonds is 9. The number of aliphatic hydroxyl groups is 3. The monoisotopic (exact) mass is 579 g/mol. The Labute approximate surface area is 253 Å². The quantitative estimate of drug-likeness (QED) is 0.102. The topological polar surface area (TPSA) is 144 Å². The van der Waals surface area contributed by atoms with E-state index in [1.54, 1.807) is 34.8 Å². The van der Waals surface area contributed by atoms with E-state index in [2.05, 4.69) is 56.9 Å². The van der Waals surface area contributed by atoms with Gasteiger partial charge in [-0.15, -0.1) is 0 Å². The SMILES string of the molecule is CC(C)(O)C(C)(C)O.CC(C)CCO.CCC.CCC(C)C(=N)N.CCOC.CNC(C)C.[B]C/C(=C\C)NC. The highest BCUT2D eigenvalue weighted by Crippen LogP contribution is 2.19. The largest absolute Gasteiger partial charge is 0.396 e. The predicted octanol–water partition coefficient (Wildman–Crippen LogP) is 5.90. The molecule has 0 saturated carbocycles. The maximum atomic E-state index is 9.10. The average molecular weight is 579 g/mol. The number of methoxy groups -OCH3 is 1. The van der Waals surface area contributed by atoms with Gasteiger partial charge in [-0.2, -0.15) is 0 Å². The summed E-state index contributed by atoms with van der Waals surface area (Å²) in [6.45, 7) is 28.0. The van der Waals surface area contributed by atoms with E-state index < -0.39 is 11.2 Å². The van der Waals surface area contributed by atoms with Crippen molar-refractivity contribution >= 4 is 13.7 Å². The molecule has 40 heavy (non-hydrogen) atoms. The number of nitrogens with one attached hydrogen (secondary N) is 3. The second kappa shape index (κ2) is 40.0. The third-order valence-electron chi connectivity index (χ3n) is 5.10. The normalized spacial score (nSPS) is 11.1. The molecule has 2 radical (unpaired) electrons. The summed E-state index contributed by atoms with van der Waals surface area (Å²) in [5, 5.41) is 39.3. The van der Waals surface area contributed by atoms with E-state index in [4.69, 9.17) is 34.3 Å². The molecule has 0 aromatic rings. The van der Waals surface area contributed by atoms with E-state index in [0.29, 0.717) is 30.7 Å². The van der Waals surface area contributed by atoms with Crippen molar-refractivity contribution in [1.82, 2.24) is 10.6 Å². The molecule has 0 aliphatic heterocycles. The number of nitrogens with two attached hydrogens (primary N) is 1. The Balaban J connectivity index is -0.0000000648. The lowest BCUT2D eigenvalue weighted by Crippen LogP contribution is -2.44. The van der Waals surface area contributed by atoms with E-state index in [9.17, 15) is 0 Å². The zero-order valence-electron chi connectivity index (χ0n) is 30.0. The molecule has 0 saturated heterocycles. The van der Waals surface area contributed by atoms with Gasteiger partial charge in [0.05, 0.1) is 24.9 Å². The van der Waals surface area contributed by atoms with Crippen LogP contribution in [0.4, 0.5) is 0 Å². The van der Waals surface area contributed by atoms with E-state index in [1.165, 1.54) is 6.42 Å². The average Bonchev–Trinajstić information content (AvgIpc) is 2.85. The molecule has 8 N–H and O–H groups in total. The van der Waals surface area contributed by atoms with Crippen LogP contribution in [-0.2, 0) is 4.74 Å². The second-order valence-corrected chi connectivity index (χ2v) is 10.8. The summed E-state index contributed by atoms with van der Waals surface area (Å²) in [4.78, 5) is 0. The Hall–Kier alpha value is -1.13. The fourth-order valence-corrected chi connectivity index (χ4v) is 0.842. The van der Waals surface area contributed by atoms with Crippen LogP contribution in [0.3, 0.4) is 0 Å². The molecule has 0 amide bonds. The third-order valence-corrected chi connectivity index (χ3v) is 5.10. The maximum Gasteiger partial charge on any atom is 0.0934 e. The first-order valence-electron chi connectivity index (χ1n) is 14.7. The maximum absolute atomic E-state index is 9.10. The van der Waals surface area contributed by atoms with Crippen molar-refractivity contribution in [3.8, 4) is 0 Å². The van der Waals surface area contributed by atoms with Crippen LogP contribution in [0.15, 0.2) is 11.8 Å². The molecule has 8 nitrogen and oxygen atoms in total. The van der Waals surface area contributed by atoms with E-state index in [1.807, 2.05) is 47.9 Å². The lowest BCUT2D eigenvalue weighted by molar-refractivity contribution is -0.107. The molecule has 0 fully saturated rings. The smallest absolute Gasteiger partial charge is 0.0934 e. The van der Waals surface area contributed by atoms with Gasteiger partial charge in [-0.05, 0) is 73.0 Å². The molecule has 0 rings (SSSR count). The van der Waals surface area contributed by atoms with Gasteiger partial charge in [-0.3, -0.25) is 5.41 Å². The number of aliphatic hydroxyl groups excluding tert-OH is 1. The number of hydrogen-bond acceptors (Lipinski definition) is 7. The molecule has 246 valence electrons. The van der Waals surface area contributed by atoms with Gasteiger partial charge in [-0.25, -0.2) is 0 Å². The van der Waals surface area contributed by atoms with Crippen molar-refractivity contribution in [1.29, 1.82) is 5.41 Å². The van der Waals surface area contributed by atoms with Crippen LogP contribution in [0.5, 0.6) is 0 Å². The van der Waals surface area contributed by atoms with Crippen LogP contribution in [0, 0.1) is 17.2 Å². The fraction of sp³-hybridized carbons (Fsp3) is 0.903. The Morgan fingerprint density at radius 2 is 1.30 bits per heavy atom. The van der Waals surface area contributed by atoms with Gasteiger partial charge in [0.2, 0.25) is 0 Å². The van der Waals surface area contributed by atoms with Crippen molar-refractivity contribution < 1.29 is 20.1 Å². The zero-order chi connectivity index (χ0) is 34.0. The first-order chi connectivity index (χ1) is 18.1. The van der Waals surface area contributed by atoms with Crippen LogP contribution in [-0.4, -0.2) is 80.7 Å². The molecule has 0 aliphatic carbocycles. The van der Waals surface area contributed by atoms with Crippen molar-refractivity contribution in [2.75, 3.05) is 34.4 Å². The Kier molecular flexibility index (Phi) is 54.9. The van der Waals surface area contributed by atoms with Gasteiger partial charge in [0.15, 0.2) is 0 Å². The standard InChI is InChI=1S/C6H14O2.C5H10BN.C5H12N2.C5H12O.C4H11N.C3H8O.C3H8/c1-5(2,7)6(3,4)8;1-3-5(4-6)7-2;1-3-4(2)5(6)7;1-5(2)3-4-6;1-4(2)5-3;1-3-4-2;1-3-2/h7-8H,1-4H3;3,7H,4H2,1-2H3;4H,3H2,1-2H3,(H3,6,7);5-6H,3-4H2,1-2H3;4-5H,1-3H3;3H2,1-2H3;3H2,1-2H3/b;5-3+;;;;;. The first kappa shape index (κ1) is 54.9. The third kappa shape index (κ3) is 70.9. The number of hydrogen-bond donors (Lipinski definition) is 7. The van der Waals surface area contributed by atoms with E-state index >= 15 is 0 Å². The summed E-state index contributed by atoms with van der Waals surface area (Å²) in [7, 11) is 10.8. The molecule has 1 atom stereocenters. The number of allylic oxidation sites excluding steroid dienone is 2. The highest BCUT2D eigenvalue weighted by molar-refractivity contribution is 6.10. The van der Waals surface area contributed by atoms with Crippen LogP contribution < -0.4 is 16.4 Å². The summed E-state index contributed by atoms with van der Waals surface area (Å²) >= 11 is 0. The van der Waals surface area contributed by atoms with Gasteiger partial charge in [0.1, 0.15) is 0 Å². The highest BCUT2D eigenvalue weighted by atomic mass is 16.5. The number of amidine groups is 1. The minimum Gasteiger partial charge on any atom is -0.396 e. The van der Waals surface area contributed by atoms with Gasteiger partial charge in [0, 0.05) is 39.3 Å². The van der Waals surface area contributed by atoms with Gasteiger partial charge in [0.25, 0.3) is 0 Å². The number of ether oxygens (including phenoxy) is 1. The summed E-state index contributed by atoms with van der Waals surface area (Å²) in [6, 6.07) is 0.634. The molecule has 0 aromatic carbocycles. The minimum atomic E-state index is -1.01. The van der Waals surface area contributed by atoms with Crippen LogP contribution in [0.2, 0.25) is 6.32 Å². The highest BCUT2D eigenvalue weighted by Gasteiger charge is 2.31. The van der Waals surface area contributed by atoms with Gasteiger partial charge < -0.3 is 36.4 Å². The van der Waals surface area contributed by atoms with E-state index in [-0.39, 0.29) is 5.92 Å². The Morgan fingerprint density at radius 3 is 1.30 bits per heavy atom. The molecule has 0 bridgehead atoms. The molecular weight excluding hydrogens is 503 g/mol.